The lowest BCUT2D eigenvalue weighted by molar-refractivity contribution is 0.660. The van der Waals surface area contributed by atoms with Crippen molar-refractivity contribution in [3.8, 4) is 33.5 Å². The van der Waals surface area contributed by atoms with Gasteiger partial charge in [-0.2, -0.15) is 0 Å². The highest BCUT2D eigenvalue weighted by Crippen LogP contribution is 2.57. The molecule has 0 spiro atoms. The second-order valence-electron chi connectivity index (χ2n) is 11.5. The molecule has 0 saturated heterocycles. The number of hydrogen-bond donors (Lipinski definition) is 0. The molecular formula is C35H29N. The number of benzene rings is 4. The molecule has 2 unspecified atom stereocenters. The summed E-state index contributed by atoms with van der Waals surface area (Å²) >= 11 is 0. The fraction of sp³-hybridized carbons (Fsp3) is 0.229. The molecule has 1 heteroatoms. The van der Waals surface area contributed by atoms with Gasteiger partial charge in [-0.15, -0.1) is 0 Å². The maximum atomic E-state index is 5.28. The number of hydrogen-bond acceptors (Lipinski definition) is 1. The van der Waals surface area contributed by atoms with E-state index >= 15 is 0 Å². The standard InChI is InChI=1S/C35H29N/c1-35(2)29-12-5-3-10-26(29)27-17-16-22(20-30(27)35)21-8-7-9-25(18-21)34-33-24-15-14-23(19-24)32(33)28-11-4-6-13-31(28)36-34/h3-13,16-18,20,23-24H,14-15,19H2,1-2H3. The molecule has 1 saturated carbocycles. The van der Waals surface area contributed by atoms with Crippen molar-refractivity contribution in [2.45, 2.75) is 50.4 Å². The highest BCUT2D eigenvalue weighted by molar-refractivity contribution is 5.90. The number of nitrogens with zero attached hydrogens (tertiary/aromatic N) is 1. The lowest BCUT2D eigenvalue weighted by Gasteiger charge is -2.22. The SMILES string of the molecule is CC1(C)c2ccccc2-c2ccc(-c3cccc(-c4nc5ccccc5c5c4C4CCC5C4)c3)cc21. The summed E-state index contributed by atoms with van der Waals surface area (Å²) in [5.41, 5.74) is 14.9. The molecule has 2 bridgehead atoms. The van der Waals surface area contributed by atoms with E-state index in [4.69, 9.17) is 4.98 Å². The van der Waals surface area contributed by atoms with Gasteiger partial charge in [-0.05, 0) is 93.8 Å². The summed E-state index contributed by atoms with van der Waals surface area (Å²) in [6.45, 7) is 4.71. The number of fused-ring (bicyclic) bond motifs is 10. The monoisotopic (exact) mass is 463 g/mol. The Hall–Kier alpha value is -3.71. The van der Waals surface area contributed by atoms with E-state index in [1.54, 1.807) is 5.56 Å². The summed E-state index contributed by atoms with van der Waals surface area (Å²) in [5, 5.41) is 1.38. The smallest absolute Gasteiger partial charge is 0.0747 e. The summed E-state index contributed by atoms with van der Waals surface area (Å²) in [6, 6.07) is 33.8. The maximum absolute atomic E-state index is 5.28. The fourth-order valence-electron chi connectivity index (χ4n) is 7.56. The Balaban J connectivity index is 1.28. The van der Waals surface area contributed by atoms with Gasteiger partial charge in [0.15, 0.2) is 0 Å². The third-order valence-electron chi connectivity index (χ3n) is 9.27. The van der Waals surface area contributed by atoms with Crippen molar-refractivity contribution < 1.29 is 0 Å². The maximum Gasteiger partial charge on any atom is 0.0747 e. The molecular weight excluding hydrogens is 434 g/mol. The number of para-hydroxylation sites is 1. The minimum atomic E-state index is 0.0134. The Kier molecular flexibility index (Phi) is 4.08. The van der Waals surface area contributed by atoms with Crippen LogP contribution in [0.2, 0.25) is 0 Å². The lowest BCUT2D eigenvalue weighted by Crippen LogP contribution is -2.14. The van der Waals surface area contributed by atoms with Crippen LogP contribution in [0.5, 0.6) is 0 Å². The molecule has 8 rings (SSSR count). The van der Waals surface area contributed by atoms with Gasteiger partial charge >= 0.3 is 0 Å². The third kappa shape index (κ3) is 2.69. The minimum Gasteiger partial charge on any atom is -0.247 e. The van der Waals surface area contributed by atoms with Gasteiger partial charge in [-0.3, -0.25) is 0 Å². The summed E-state index contributed by atoms with van der Waals surface area (Å²) in [4.78, 5) is 5.28. The summed E-state index contributed by atoms with van der Waals surface area (Å²) in [7, 11) is 0. The lowest BCUT2D eigenvalue weighted by atomic mass is 9.81. The molecule has 0 amide bonds. The zero-order valence-corrected chi connectivity index (χ0v) is 20.9. The molecule has 3 aliphatic rings. The van der Waals surface area contributed by atoms with Crippen molar-refractivity contribution in [3.05, 3.63) is 113 Å². The summed E-state index contributed by atoms with van der Waals surface area (Å²) in [5.74, 6) is 1.38. The molecule has 0 radical (unpaired) electrons. The first-order valence-electron chi connectivity index (χ1n) is 13.4. The fourth-order valence-corrected chi connectivity index (χ4v) is 7.56. The molecule has 4 aromatic carbocycles. The van der Waals surface area contributed by atoms with Crippen LogP contribution in [0.25, 0.3) is 44.4 Å². The van der Waals surface area contributed by atoms with Crippen molar-refractivity contribution in [2.75, 3.05) is 0 Å². The van der Waals surface area contributed by atoms with E-state index in [2.05, 4.69) is 105 Å². The zero-order valence-electron chi connectivity index (χ0n) is 20.9. The minimum absolute atomic E-state index is 0.0134. The molecule has 0 aliphatic heterocycles. The number of rotatable bonds is 2. The van der Waals surface area contributed by atoms with Gasteiger partial charge in [0.1, 0.15) is 0 Å². The van der Waals surface area contributed by atoms with Crippen LogP contribution in [0.15, 0.2) is 91.0 Å². The van der Waals surface area contributed by atoms with Gasteiger partial charge in [0.25, 0.3) is 0 Å². The van der Waals surface area contributed by atoms with Crippen LogP contribution in [0.1, 0.15) is 67.2 Å². The highest BCUT2D eigenvalue weighted by atomic mass is 14.7. The van der Waals surface area contributed by atoms with Crippen LogP contribution in [-0.2, 0) is 5.41 Å². The van der Waals surface area contributed by atoms with Crippen LogP contribution in [0.3, 0.4) is 0 Å². The first-order chi connectivity index (χ1) is 17.6. The van der Waals surface area contributed by atoms with Gasteiger partial charge in [-0.1, -0.05) is 86.6 Å². The van der Waals surface area contributed by atoms with Crippen molar-refractivity contribution in [1.82, 2.24) is 4.98 Å². The highest BCUT2D eigenvalue weighted by Gasteiger charge is 2.40. The van der Waals surface area contributed by atoms with Gasteiger partial charge in [0.2, 0.25) is 0 Å². The Morgan fingerprint density at radius 1 is 0.639 bits per heavy atom. The topological polar surface area (TPSA) is 12.9 Å². The molecule has 0 N–H and O–H groups in total. The predicted octanol–water partition coefficient (Wildman–Crippen LogP) is 9.24. The zero-order chi connectivity index (χ0) is 24.0. The molecule has 1 fully saturated rings. The van der Waals surface area contributed by atoms with Gasteiger partial charge in [0, 0.05) is 16.4 Å². The van der Waals surface area contributed by atoms with E-state index < -0.39 is 0 Å². The molecule has 36 heavy (non-hydrogen) atoms. The van der Waals surface area contributed by atoms with E-state index in [1.165, 1.54) is 74.9 Å². The van der Waals surface area contributed by atoms with Crippen LogP contribution >= 0.6 is 0 Å². The van der Waals surface area contributed by atoms with Crippen molar-refractivity contribution >= 4 is 10.9 Å². The molecule has 5 aromatic rings. The largest absolute Gasteiger partial charge is 0.247 e. The Bertz CT molecular complexity index is 1710. The van der Waals surface area contributed by atoms with E-state index in [-0.39, 0.29) is 5.41 Å². The van der Waals surface area contributed by atoms with Gasteiger partial charge in [-0.25, -0.2) is 4.98 Å². The average Bonchev–Trinajstić information content (AvgIpc) is 3.61. The van der Waals surface area contributed by atoms with Crippen LogP contribution in [0, 0.1) is 0 Å². The molecule has 1 heterocycles. The molecule has 1 aromatic heterocycles. The van der Waals surface area contributed by atoms with E-state index in [0.717, 1.165) is 5.52 Å². The van der Waals surface area contributed by atoms with Crippen LogP contribution in [0.4, 0.5) is 0 Å². The van der Waals surface area contributed by atoms with Gasteiger partial charge in [0.05, 0.1) is 11.2 Å². The van der Waals surface area contributed by atoms with Crippen molar-refractivity contribution in [1.29, 1.82) is 0 Å². The molecule has 2 atom stereocenters. The quantitative estimate of drug-likeness (QED) is 0.254. The van der Waals surface area contributed by atoms with Crippen LogP contribution < -0.4 is 0 Å². The van der Waals surface area contributed by atoms with Crippen molar-refractivity contribution in [3.63, 3.8) is 0 Å². The van der Waals surface area contributed by atoms with Crippen LogP contribution in [-0.4, -0.2) is 4.98 Å². The Morgan fingerprint density at radius 3 is 2.28 bits per heavy atom. The second kappa shape index (κ2) is 7.17. The summed E-state index contributed by atoms with van der Waals surface area (Å²) < 4.78 is 0. The second-order valence-corrected chi connectivity index (χ2v) is 11.5. The first kappa shape index (κ1) is 20.5. The normalized spacial score (nSPS) is 20.4. The van der Waals surface area contributed by atoms with Crippen molar-refractivity contribution in [2.24, 2.45) is 0 Å². The first-order valence-corrected chi connectivity index (χ1v) is 13.4. The Morgan fingerprint density at radius 2 is 1.36 bits per heavy atom. The van der Waals surface area contributed by atoms with E-state index in [0.29, 0.717) is 11.8 Å². The third-order valence-corrected chi connectivity index (χ3v) is 9.27. The molecule has 174 valence electrons. The van der Waals surface area contributed by atoms with E-state index in [9.17, 15) is 0 Å². The Labute approximate surface area is 212 Å². The number of pyridine rings is 1. The number of aromatic nitrogens is 1. The van der Waals surface area contributed by atoms with Gasteiger partial charge < -0.3 is 0 Å². The summed E-state index contributed by atoms with van der Waals surface area (Å²) in [6.07, 6.45) is 3.95. The van der Waals surface area contributed by atoms with E-state index in [1.807, 2.05) is 0 Å². The predicted molar refractivity (Wildman–Crippen MR) is 150 cm³/mol. The average molecular weight is 464 g/mol. The molecule has 3 aliphatic carbocycles. The molecule has 1 nitrogen and oxygen atoms in total.